The Balaban J connectivity index is 2.39. The van der Waals surface area contributed by atoms with Crippen molar-refractivity contribution < 1.29 is 9.53 Å². The van der Waals surface area contributed by atoms with Crippen molar-refractivity contribution in [2.75, 3.05) is 0 Å². The van der Waals surface area contributed by atoms with E-state index < -0.39 is 5.60 Å². The lowest BCUT2D eigenvalue weighted by Crippen LogP contribution is -2.26. The Hall–Kier alpha value is -1.30. The van der Waals surface area contributed by atoms with Gasteiger partial charge in [-0.2, -0.15) is 0 Å². The summed E-state index contributed by atoms with van der Waals surface area (Å²) in [5.74, 6) is 0.862. The number of hydrogen-bond acceptors (Lipinski definition) is 2. The number of allylic oxidation sites excluding steroid dienone is 1. The monoisotopic (exact) mass is 277 g/mol. The van der Waals surface area contributed by atoms with E-state index in [1.807, 2.05) is 26.8 Å². The highest BCUT2D eigenvalue weighted by Crippen LogP contribution is 2.34. The molecule has 112 valence electrons. The number of nitrogens with zero attached hydrogens (tertiary/aromatic N) is 1. The number of ether oxygens (including phenoxy) is 1. The first kappa shape index (κ1) is 16.8. The smallest absolute Gasteiger partial charge is 0.306 e. The summed E-state index contributed by atoms with van der Waals surface area (Å²) in [4.78, 5) is 15.5. The van der Waals surface area contributed by atoms with Gasteiger partial charge < -0.3 is 9.58 Å². The molecule has 0 bridgehead atoms. The minimum absolute atomic E-state index is 0.0340. The molecule has 0 amide bonds. The van der Waals surface area contributed by atoms with Crippen molar-refractivity contribution in [1.82, 2.24) is 0 Å². The van der Waals surface area contributed by atoms with Crippen LogP contribution >= 0.6 is 0 Å². The summed E-state index contributed by atoms with van der Waals surface area (Å²) in [7, 11) is 0. The van der Waals surface area contributed by atoms with Crippen LogP contribution in [0, 0.1) is 18.4 Å². The largest absolute Gasteiger partial charge is 0.460 e. The van der Waals surface area contributed by atoms with Gasteiger partial charge in [-0.15, -0.1) is 6.58 Å². The molecule has 1 atom stereocenters. The fourth-order valence-electron chi connectivity index (χ4n) is 2.83. The standard InChI is InChI=1S/C17H27NO2/c1-6-13-7-9-14(10-8-13)15(18-5)11-12-16(19)20-17(2,3)4/h6,13-15H,1,7-12H2,2-4H3. The number of rotatable bonds is 5. The van der Waals surface area contributed by atoms with Crippen LogP contribution in [0.5, 0.6) is 0 Å². The van der Waals surface area contributed by atoms with Gasteiger partial charge in [-0.3, -0.25) is 4.79 Å². The molecule has 0 aromatic rings. The Kier molecular flexibility index (Phi) is 6.26. The summed E-state index contributed by atoms with van der Waals surface area (Å²) < 4.78 is 5.30. The molecule has 0 saturated heterocycles. The highest BCUT2D eigenvalue weighted by Gasteiger charge is 2.31. The highest BCUT2D eigenvalue weighted by atomic mass is 16.6. The van der Waals surface area contributed by atoms with Crippen LogP contribution in [0.4, 0.5) is 0 Å². The lowest BCUT2D eigenvalue weighted by atomic mass is 9.78. The maximum atomic E-state index is 11.7. The molecule has 0 aromatic carbocycles. The molecular weight excluding hydrogens is 250 g/mol. The van der Waals surface area contributed by atoms with E-state index in [-0.39, 0.29) is 12.0 Å². The summed E-state index contributed by atoms with van der Waals surface area (Å²) in [6.45, 7) is 16.8. The molecule has 1 fully saturated rings. The molecule has 3 heteroatoms. The quantitative estimate of drug-likeness (QED) is 0.424. The summed E-state index contributed by atoms with van der Waals surface area (Å²) in [5.41, 5.74) is -0.438. The topological polar surface area (TPSA) is 30.7 Å². The zero-order valence-electron chi connectivity index (χ0n) is 13.0. The van der Waals surface area contributed by atoms with Crippen molar-refractivity contribution in [2.24, 2.45) is 11.8 Å². The maximum absolute atomic E-state index is 11.7. The molecule has 1 aliphatic carbocycles. The number of carbonyl (C=O) groups is 1. The Labute approximate surface area is 123 Å². The average molecular weight is 277 g/mol. The molecule has 1 unspecified atom stereocenters. The van der Waals surface area contributed by atoms with Crippen LogP contribution in [-0.4, -0.2) is 17.6 Å². The van der Waals surface area contributed by atoms with Crippen molar-refractivity contribution in [3.05, 3.63) is 24.1 Å². The van der Waals surface area contributed by atoms with Crippen molar-refractivity contribution in [1.29, 1.82) is 0 Å². The minimum atomic E-state index is -0.438. The molecule has 3 nitrogen and oxygen atoms in total. The van der Waals surface area contributed by atoms with Crippen LogP contribution in [0.3, 0.4) is 0 Å². The van der Waals surface area contributed by atoms with Crippen LogP contribution in [0.2, 0.25) is 0 Å². The Bertz CT molecular complexity index is 367. The average Bonchev–Trinajstić information content (AvgIpc) is 2.38. The van der Waals surface area contributed by atoms with E-state index in [4.69, 9.17) is 11.3 Å². The summed E-state index contributed by atoms with van der Waals surface area (Å²) in [6, 6.07) is -0.0340. The second-order valence-electron chi connectivity index (χ2n) is 6.73. The lowest BCUT2D eigenvalue weighted by Gasteiger charge is -2.27. The van der Waals surface area contributed by atoms with E-state index in [2.05, 4.69) is 11.4 Å². The van der Waals surface area contributed by atoms with Crippen LogP contribution in [0.25, 0.3) is 4.85 Å². The fraction of sp³-hybridized carbons (Fsp3) is 0.765. The zero-order valence-corrected chi connectivity index (χ0v) is 13.0. The van der Waals surface area contributed by atoms with E-state index in [1.54, 1.807) is 0 Å². The minimum Gasteiger partial charge on any atom is -0.460 e. The molecule has 0 aliphatic heterocycles. The molecule has 0 aromatic heterocycles. The normalized spacial score (nSPS) is 24.5. The van der Waals surface area contributed by atoms with Crippen LogP contribution in [0.1, 0.15) is 59.3 Å². The second kappa shape index (κ2) is 7.47. The van der Waals surface area contributed by atoms with Gasteiger partial charge in [-0.1, -0.05) is 6.08 Å². The molecule has 1 saturated carbocycles. The van der Waals surface area contributed by atoms with Gasteiger partial charge in [-0.25, -0.2) is 6.57 Å². The Morgan fingerprint density at radius 2 is 2.00 bits per heavy atom. The number of carbonyl (C=O) groups excluding carboxylic acids is 1. The van der Waals surface area contributed by atoms with Gasteiger partial charge in [0.15, 0.2) is 0 Å². The van der Waals surface area contributed by atoms with Gasteiger partial charge >= 0.3 is 5.97 Å². The molecular formula is C17H27NO2. The molecule has 0 spiro atoms. The Morgan fingerprint density at radius 1 is 1.40 bits per heavy atom. The van der Waals surface area contributed by atoms with Gasteiger partial charge in [0.25, 0.3) is 0 Å². The van der Waals surface area contributed by atoms with Crippen LogP contribution in [0.15, 0.2) is 12.7 Å². The van der Waals surface area contributed by atoms with Gasteiger partial charge in [0.1, 0.15) is 5.60 Å². The summed E-state index contributed by atoms with van der Waals surface area (Å²) in [6.07, 6.45) is 7.44. The fourth-order valence-corrected chi connectivity index (χ4v) is 2.83. The highest BCUT2D eigenvalue weighted by molar-refractivity contribution is 5.69. The molecule has 1 rings (SSSR count). The first-order valence-electron chi connectivity index (χ1n) is 7.56. The van der Waals surface area contributed by atoms with Crippen molar-refractivity contribution >= 4 is 5.97 Å². The van der Waals surface area contributed by atoms with Crippen molar-refractivity contribution in [3.8, 4) is 0 Å². The van der Waals surface area contributed by atoms with Crippen molar-refractivity contribution in [3.63, 3.8) is 0 Å². The van der Waals surface area contributed by atoms with E-state index in [0.29, 0.717) is 24.7 Å². The first-order chi connectivity index (χ1) is 9.35. The van der Waals surface area contributed by atoms with E-state index >= 15 is 0 Å². The first-order valence-corrected chi connectivity index (χ1v) is 7.56. The van der Waals surface area contributed by atoms with E-state index in [9.17, 15) is 4.79 Å². The van der Waals surface area contributed by atoms with Crippen molar-refractivity contribution in [2.45, 2.75) is 70.9 Å². The van der Waals surface area contributed by atoms with Gasteiger partial charge in [0.2, 0.25) is 6.04 Å². The molecule has 20 heavy (non-hydrogen) atoms. The molecule has 0 radical (unpaired) electrons. The number of hydrogen-bond donors (Lipinski definition) is 0. The van der Waals surface area contributed by atoms with Crippen LogP contribution in [-0.2, 0) is 9.53 Å². The maximum Gasteiger partial charge on any atom is 0.306 e. The predicted molar refractivity (Wildman–Crippen MR) is 81.1 cm³/mol. The Morgan fingerprint density at radius 3 is 2.45 bits per heavy atom. The predicted octanol–water partition coefficient (Wildman–Crippen LogP) is 4.39. The summed E-state index contributed by atoms with van der Waals surface area (Å²) in [5, 5.41) is 0. The third kappa shape index (κ3) is 5.77. The summed E-state index contributed by atoms with van der Waals surface area (Å²) >= 11 is 0. The van der Waals surface area contributed by atoms with Gasteiger partial charge in [0, 0.05) is 12.3 Å². The SMILES string of the molecule is [C-]#[N+]C(CCC(=O)OC(C)(C)C)C1CCC(C=C)CC1. The third-order valence-electron chi connectivity index (χ3n) is 3.92. The number of esters is 1. The molecule has 0 N–H and O–H groups in total. The van der Waals surface area contributed by atoms with Gasteiger partial charge in [0.05, 0.1) is 6.42 Å². The second-order valence-corrected chi connectivity index (χ2v) is 6.73. The molecule has 1 aliphatic rings. The van der Waals surface area contributed by atoms with Gasteiger partial charge in [-0.05, 0) is 52.4 Å². The van der Waals surface area contributed by atoms with E-state index in [0.717, 1.165) is 25.7 Å². The third-order valence-corrected chi connectivity index (χ3v) is 3.92. The lowest BCUT2D eigenvalue weighted by molar-refractivity contribution is -0.155. The van der Waals surface area contributed by atoms with E-state index in [1.165, 1.54) is 0 Å². The zero-order chi connectivity index (χ0) is 15.2. The molecule has 0 heterocycles. The van der Waals surface area contributed by atoms with Crippen LogP contribution < -0.4 is 0 Å².